The van der Waals surface area contributed by atoms with Gasteiger partial charge < -0.3 is 4.74 Å². The molecule has 0 saturated heterocycles. The van der Waals surface area contributed by atoms with E-state index >= 15 is 0 Å². The van der Waals surface area contributed by atoms with E-state index in [2.05, 4.69) is 32.6 Å². The molecule has 0 saturated carbocycles. The van der Waals surface area contributed by atoms with Crippen molar-refractivity contribution in [1.29, 1.82) is 0 Å². The highest BCUT2D eigenvalue weighted by atomic mass is 127. The number of halogens is 2. The molecule has 0 fully saturated rings. The van der Waals surface area contributed by atoms with Crippen LogP contribution in [0.5, 0.6) is 11.6 Å². The lowest BCUT2D eigenvalue weighted by molar-refractivity contribution is 0.455. The van der Waals surface area contributed by atoms with Crippen LogP contribution < -0.4 is 4.74 Å². The van der Waals surface area contributed by atoms with E-state index in [-0.39, 0.29) is 0 Å². The second-order valence-corrected chi connectivity index (χ2v) is 4.44. The first-order valence-electron chi connectivity index (χ1n) is 4.59. The maximum atomic E-state index is 5.67. The molecule has 1 aromatic heterocycles. The average molecular weight is 347 g/mol. The standard InChI is InChI=1S/C11H8ClIN2O/c12-5-8-6-14-7-11(15-8)16-10-4-2-1-3-9(10)13/h1-4,6-7H,5H2. The number of para-hydroxylation sites is 1. The van der Waals surface area contributed by atoms with E-state index in [1.807, 2.05) is 24.3 Å². The van der Waals surface area contributed by atoms with Crippen LogP contribution in [0.1, 0.15) is 5.69 Å². The Labute approximate surface area is 112 Å². The third kappa shape index (κ3) is 2.82. The van der Waals surface area contributed by atoms with Crippen LogP contribution in [0.25, 0.3) is 0 Å². The quantitative estimate of drug-likeness (QED) is 0.629. The van der Waals surface area contributed by atoms with Crippen LogP contribution >= 0.6 is 34.2 Å². The van der Waals surface area contributed by atoms with Gasteiger partial charge in [-0.25, -0.2) is 4.98 Å². The fraction of sp³-hybridized carbons (Fsp3) is 0.0909. The van der Waals surface area contributed by atoms with Crippen LogP contribution in [0, 0.1) is 3.57 Å². The molecular weight excluding hydrogens is 338 g/mol. The maximum Gasteiger partial charge on any atom is 0.238 e. The number of rotatable bonds is 3. The molecule has 5 heteroatoms. The summed E-state index contributed by atoms with van der Waals surface area (Å²) in [5.41, 5.74) is 0.699. The third-order valence-corrected chi connectivity index (χ3v) is 3.02. The Bertz CT molecular complexity index is 493. The Morgan fingerprint density at radius 1 is 1.25 bits per heavy atom. The van der Waals surface area contributed by atoms with Crippen LogP contribution in [0.3, 0.4) is 0 Å². The van der Waals surface area contributed by atoms with Gasteiger partial charge in [0.2, 0.25) is 5.88 Å². The van der Waals surface area contributed by atoms with Gasteiger partial charge in [0.05, 0.1) is 21.3 Å². The lowest BCUT2D eigenvalue weighted by Gasteiger charge is -2.06. The maximum absolute atomic E-state index is 5.67. The number of hydrogen-bond donors (Lipinski definition) is 0. The van der Waals surface area contributed by atoms with Gasteiger partial charge in [-0.3, -0.25) is 4.98 Å². The molecule has 3 nitrogen and oxygen atoms in total. The summed E-state index contributed by atoms with van der Waals surface area (Å²) in [4.78, 5) is 8.21. The van der Waals surface area contributed by atoms with Gasteiger partial charge in [-0.2, -0.15) is 0 Å². The summed E-state index contributed by atoms with van der Waals surface area (Å²) in [6, 6.07) is 7.72. The Morgan fingerprint density at radius 2 is 2.06 bits per heavy atom. The van der Waals surface area contributed by atoms with Crippen molar-refractivity contribution in [2.24, 2.45) is 0 Å². The minimum Gasteiger partial charge on any atom is -0.436 e. The smallest absolute Gasteiger partial charge is 0.238 e. The second kappa shape index (κ2) is 5.45. The zero-order chi connectivity index (χ0) is 11.4. The van der Waals surface area contributed by atoms with E-state index in [0.29, 0.717) is 17.5 Å². The first kappa shape index (κ1) is 11.6. The molecule has 1 aromatic carbocycles. The predicted molar refractivity (Wildman–Crippen MR) is 70.8 cm³/mol. The van der Waals surface area contributed by atoms with Crippen LogP contribution in [0.4, 0.5) is 0 Å². The van der Waals surface area contributed by atoms with Crippen molar-refractivity contribution in [1.82, 2.24) is 9.97 Å². The van der Waals surface area contributed by atoms with Crippen LogP contribution in [0.15, 0.2) is 36.7 Å². The molecule has 0 aliphatic heterocycles. The monoisotopic (exact) mass is 346 g/mol. The molecule has 0 aliphatic carbocycles. The van der Waals surface area contributed by atoms with E-state index < -0.39 is 0 Å². The first-order valence-corrected chi connectivity index (χ1v) is 6.20. The summed E-state index contributed by atoms with van der Waals surface area (Å²) in [7, 11) is 0. The largest absolute Gasteiger partial charge is 0.436 e. The zero-order valence-electron chi connectivity index (χ0n) is 8.23. The topological polar surface area (TPSA) is 35.0 Å². The number of benzene rings is 1. The first-order chi connectivity index (χ1) is 7.79. The van der Waals surface area contributed by atoms with Gasteiger partial charge >= 0.3 is 0 Å². The number of nitrogens with zero attached hydrogens (tertiary/aromatic N) is 2. The lowest BCUT2D eigenvalue weighted by atomic mass is 10.3. The fourth-order valence-corrected chi connectivity index (χ4v) is 1.77. The summed E-state index contributed by atoms with van der Waals surface area (Å²) < 4.78 is 6.64. The molecule has 2 aromatic rings. The summed E-state index contributed by atoms with van der Waals surface area (Å²) in [6.07, 6.45) is 3.19. The van der Waals surface area contributed by atoms with Crippen molar-refractivity contribution in [3.05, 3.63) is 45.9 Å². The summed E-state index contributed by atoms with van der Waals surface area (Å²) >= 11 is 7.88. The number of alkyl halides is 1. The molecule has 0 N–H and O–H groups in total. The van der Waals surface area contributed by atoms with E-state index in [0.717, 1.165) is 9.32 Å². The average Bonchev–Trinajstić information content (AvgIpc) is 2.32. The highest BCUT2D eigenvalue weighted by molar-refractivity contribution is 14.1. The molecule has 0 bridgehead atoms. The zero-order valence-corrected chi connectivity index (χ0v) is 11.1. The molecule has 0 aliphatic rings. The van der Waals surface area contributed by atoms with Gasteiger partial charge in [0.1, 0.15) is 5.75 Å². The Morgan fingerprint density at radius 3 is 2.81 bits per heavy atom. The summed E-state index contributed by atoms with van der Waals surface area (Å²) in [5, 5.41) is 0. The van der Waals surface area contributed by atoms with Crippen molar-refractivity contribution < 1.29 is 4.74 Å². The minimum atomic E-state index is 0.329. The number of aromatic nitrogens is 2. The van der Waals surface area contributed by atoms with Crippen molar-refractivity contribution in [2.75, 3.05) is 0 Å². The Kier molecular flexibility index (Phi) is 3.95. The summed E-state index contributed by atoms with van der Waals surface area (Å²) in [6.45, 7) is 0. The molecule has 2 rings (SSSR count). The Hall–Kier alpha value is -0.880. The van der Waals surface area contributed by atoms with E-state index in [1.54, 1.807) is 12.4 Å². The van der Waals surface area contributed by atoms with Crippen molar-refractivity contribution in [3.8, 4) is 11.6 Å². The molecular formula is C11H8ClIN2O. The number of hydrogen-bond acceptors (Lipinski definition) is 3. The van der Waals surface area contributed by atoms with Gasteiger partial charge in [0.25, 0.3) is 0 Å². The number of ether oxygens (including phenoxy) is 1. The summed E-state index contributed by atoms with van der Waals surface area (Å²) in [5.74, 6) is 1.56. The molecule has 0 amide bonds. The molecule has 0 spiro atoms. The highest BCUT2D eigenvalue weighted by Crippen LogP contribution is 2.24. The van der Waals surface area contributed by atoms with E-state index in [1.165, 1.54) is 0 Å². The van der Waals surface area contributed by atoms with Gasteiger partial charge in [-0.05, 0) is 34.7 Å². The predicted octanol–water partition coefficient (Wildman–Crippen LogP) is 3.61. The molecule has 0 atom stereocenters. The SMILES string of the molecule is ClCc1cncc(Oc2ccccc2I)n1. The highest BCUT2D eigenvalue weighted by Gasteiger charge is 2.03. The van der Waals surface area contributed by atoms with Crippen molar-refractivity contribution in [3.63, 3.8) is 0 Å². The lowest BCUT2D eigenvalue weighted by Crippen LogP contribution is -1.94. The van der Waals surface area contributed by atoms with E-state index in [9.17, 15) is 0 Å². The van der Waals surface area contributed by atoms with E-state index in [4.69, 9.17) is 16.3 Å². The molecule has 0 unspecified atom stereocenters. The second-order valence-electron chi connectivity index (χ2n) is 3.01. The molecule has 0 radical (unpaired) electrons. The minimum absolute atomic E-state index is 0.329. The van der Waals surface area contributed by atoms with Crippen LogP contribution in [0.2, 0.25) is 0 Å². The van der Waals surface area contributed by atoms with Crippen molar-refractivity contribution in [2.45, 2.75) is 5.88 Å². The van der Waals surface area contributed by atoms with Crippen LogP contribution in [-0.4, -0.2) is 9.97 Å². The van der Waals surface area contributed by atoms with Gasteiger partial charge in [-0.15, -0.1) is 11.6 Å². The van der Waals surface area contributed by atoms with Gasteiger partial charge in [0, 0.05) is 6.20 Å². The Balaban J connectivity index is 2.24. The third-order valence-electron chi connectivity index (χ3n) is 1.85. The van der Waals surface area contributed by atoms with Crippen LogP contribution in [-0.2, 0) is 5.88 Å². The molecule has 16 heavy (non-hydrogen) atoms. The van der Waals surface area contributed by atoms with Gasteiger partial charge in [-0.1, -0.05) is 12.1 Å². The fourth-order valence-electron chi connectivity index (χ4n) is 1.14. The van der Waals surface area contributed by atoms with Gasteiger partial charge in [0.15, 0.2) is 0 Å². The molecule has 1 heterocycles. The normalized spacial score (nSPS) is 10.1. The van der Waals surface area contributed by atoms with Crippen molar-refractivity contribution >= 4 is 34.2 Å². The molecule has 82 valence electrons.